The summed E-state index contributed by atoms with van der Waals surface area (Å²) in [6.45, 7) is 3.13. The second kappa shape index (κ2) is 7.71. The SMILES string of the molecule is CCC(CN)CC(=O)NCc1cccc(OC)c1. The van der Waals surface area contributed by atoms with Crippen LogP contribution in [0, 0.1) is 5.92 Å². The highest BCUT2D eigenvalue weighted by atomic mass is 16.5. The van der Waals surface area contributed by atoms with Gasteiger partial charge in [-0.05, 0) is 30.2 Å². The fourth-order valence-corrected chi connectivity index (χ4v) is 1.71. The van der Waals surface area contributed by atoms with Gasteiger partial charge in [-0.2, -0.15) is 0 Å². The number of methoxy groups -OCH3 is 1. The van der Waals surface area contributed by atoms with Crippen molar-refractivity contribution in [3.8, 4) is 5.75 Å². The number of amides is 1. The summed E-state index contributed by atoms with van der Waals surface area (Å²) in [6.07, 6.45) is 1.43. The summed E-state index contributed by atoms with van der Waals surface area (Å²) in [7, 11) is 1.63. The van der Waals surface area contributed by atoms with E-state index < -0.39 is 0 Å². The van der Waals surface area contributed by atoms with Gasteiger partial charge in [-0.15, -0.1) is 0 Å². The van der Waals surface area contributed by atoms with Crippen LogP contribution in [0.3, 0.4) is 0 Å². The Hall–Kier alpha value is -1.55. The first-order valence-electron chi connectivity index (χ1n) is 6.29. The first-order valence-corrected chi connectivity index (χ1v) is 6.29. The molecule has 0 fully saturated rings. The molecule has 0 bridgehead atoms. The molecule has 4 heteroatoms. The Morgan fingerprint density at radius 2 is 2.28 bits per heavy atom. The highest BCUT2D eigenvalue weighted by Gasteiger charge is 2.10. The van der Waals surface area contributed by atoms with Crippen molar-refractivity contribution in [2.45, 2.75) is 26.3 Å². The lowest BCUT2D eigenvalue weighted by Crippen LogP contribution is -2.27. The lowest BCUT2D eigenvalue weighted by atomic mass is 10.0. The molecule has 4 nitrogen and oxygen atoms in total. The van der Waals surface area contributed by atoms with E-state index >= 15 is 0 Å². The predicted octanol–water partition coefficient (Wildman–Crippen LogP) is 1.69. The minimum Gasteiger partial charge on any atom is -0.497 e. The minimum absolute atomic E-state index is 0.0510. The molecule has 1 aromatic carbocycles. The van der Waals surface area contributed by atoms with E-state index in [0.29, 0.717) is 19.5 Å². The predicted molar refractivity (Wildman–Crippen MR) is 72.3 cm³/mol. The van der Waals surface area contributed by atoms with Crippen LogP contribution >= 0.6 is 0 Å². The van der Waals surface area contributed by atoms with Crippen molar-refractivity contribution in [3.63, 3.8) is 0 Å². The van der Waals surface area contributed by atoms with Gasteiger partial charge in [0.1, 0.15) is 5.75 Å². The van der Waals surface area contributed by atoms with Crippen molar-refractivity contribution >= 4 is 5.91 Å². The van der Waals surface area contributed by atoms with Gasteiger partial charge >= 0.3 is 0 Å². The third kappa shape index (κ3) is 4.75. The molecule has 0 saturated heterocycles. The molecule has 1 unspecified atom stereocenters. The molecule has 0 aliphatic rings. The number of hydrogen-bond acceptors (Lipinski definition) is 3. The molecule has 0 radical (unpaired) electrons. The second-order valence-electron chi connectivity index (χ2n) is 4.34. The van der Waals surface area contributed by atoms with E-state index in [1.807, 2.05) is 31.2 Å². The molecule has 1 amide bonds. The zero-order chi connectivity index (χ0) is 13.4. The van der Waals surface area contributed by atoms with Crippen molar-refractivity contribution in [2.75, 3.05) is 13.7 Å². The highest BCUT2D eigenvalue weighted by molar-refractivity contribution is 5.76. The van der Waals surface area contributed by atoms with Crippen LogP contribution in [0.1, 0.15) is 25.3 Å². The van der Waals surface area contributed by atoms with Crippen LogP contribution in [0.15, 0.2) is 24.3 Å². The number of nitrogens with one attached hydrogen (secondary N) is 1. The normalized spacial score (nSPS) is 11.9. The molecular weight excluding hydrogens is 228 g/mol. The van der Waals surface area contributed by atoms with E-state index in [1.165, 1.54) is 0 Å². The monoisotopic (exact) mass is 250 g/mol. The topological polar surface area (TPSA) is 64.4 Å². The summed E-state index contributed by atoms with van der Waals surface area (Å²) < 4.78 is 5.13. The third-order valence-electron chi connectivity index (χ3n) is 3.01. The number of rotatable bonds is 7. The summed E-state index contributed by atoms with van der Waals surface area (Å²) in [5.41, 5.74) is 6.61. The number of hydrogen-bond donors (Lipinski definition) is 2. The van der Waals surface area contributed by atoms with Crippen molar-refractivity contribution in [1.82, 2.24) is 5.32 Å². The summed E-state index contributed by atoms with van der Waals surface area (Å²) in [6, 6.07) is 7.67. The Labute approximate surface area is 109 Å². The highest BCUT2D eigenvalue weighted by Crippen LogP contribution is 2.12. The Morgan fingerprint density at radius 1 is 1.50 bits per heavy atom. The van der Waals surface area contributed by atoms with E-state index in [9.17, 15) is 4.79 Å². The molecule has 100 valence electrons. The van der Waals surface area contributed by atoms with Crippen molar-refractivity contribution in [3.05, 3.63) is 29.8 Å². The summed E-state index contributed by atoms with van der Waals surface area (Å²) >= 11 is 0. The molecule has 3 N–H and O–H groups in total. The second-order valence-corrected chi connectivity index (χ2v) is 4.34. The van der Waals surface area contributed by atoms with E-state index in [-0.39, 0.29) is 11.8 Å². The van der Waals surface area contributed by atoms with Crippen molar-refractivity contribution in [2.24, 2.45) is 11.7 Å². The van der Waals surface area contributed by atoms with E-state index in [2.05, 4.69) is 5.32 Å². The first kappa shape index (κ1) is 14.5. The van der Waals surface area contributed by atoms with Gasteiger partial charge in [-0.25, -0.2) is 0 Å². The molecule has 0 aliphatic heterocycles. The zero-order valence-corrected chi connectivity index (χ0v) is 11.1. The van der Waals surface area contributed by atoms with Crippen LogP contribution in [0.2, 0.25) is 0 Å². The smallest absolute Gasteiger partial charge is 0.220 e. The molecule has 1 rings (SSSR count). The van der Waals surface area contributed by atoms with E-state index in [4.69, 9.17) is 10.5 Å². The molecule has 18 heavy (non-hydrogen) atoms. The number of carbonyl (C=O) groups excluding carboxylic acids is 1. The number of carbonyl (C=O) groups is 1. The maximum absolute atomic E-state index is 11.7. The van der Waals surface area contributed by atoms with Gasteiger partial charge in [-0.3, -0.25) is 4.79 Å². The van der Waals surface area contributed by atoms with Gasteiger partial charge < -0.3 is 15.8 Å². The molecule has 1 aromatic rings. The average molecular weight is 250 g/mol. The van der Waals surface area contributed by atoms with Crippen LogP contribution in [0.25, 0.3) is 0 Å². The number of benzene rings is 1. The summed E-state index contributed by atoms with van der Waals surface area (Å²) in [4.78, 5) is 11.7. The largest absolute Gasteiger partial charge is 0.497 e. The maximum atomic E-state index is 11.7. The molecule has 0 heterocycles. The van der Waals surface area contributed by atoms with Crippen LogP contribution < -0.4 is 15.8 Å². The van der Waals surface area contributed by atoms with Crippen molar-refractivity contribution < 1.29 is 9.53 Å². The van der Waals surface area contributed by atoms with Gasteiger partial charge in [0.05, 0.1) is 7.11 Å². The lowest BCUT2D eigenvalue weighted by molar-refractivity contribution is -0.122. The van der Waals surface area contributed by atoms with Gasteiger partial charge in [0.25, 0.3) is 0 Å². The number of ether oxygens (including phenoxy) is 1. The average Bonchev–Trinajstić information content (AvgIpc) is 2.42. The van der Waals surface area contributed by atoms with Gasteiger partial charge in [0, 0.05) is 13.0 Å². The Morgan fingerprint density at radius 3 is 2.89 bits per heavy atom. The molecule has 0 spiro atoms. The zero-order valence-electron chi connectivity index (χ0n) is 11.1. The van der Waals surface area contributed by atoms with Crippen LogP contribution in [0.4, 0.5) is 0 Å². The number of nitrogens with two attached hydrogens (primary N) is 1. The van der Waals surface area contributed by atoms with E-state index in [1.54, 1.807) is 7.11 Å². The summed E-state index contributed by atoms with van der Waals surface area (Å²) in [5, 5.41) is 2.90. The molecule has 0 saturated carbocycles. The van der Waals surface area contributed by atoms with Gasteiger partial charge in [0.2, 0.25) is 5.91 Å². The minimum atomic E-state index is 0.0510. The third-order valence-corrected chi connectivity index (χ3v) is 3.01. The Kier molecular flexibility index (Phi) is 6.22. The van der Waals surface area contributed by atoms with Crippen LogP contribution in [-0.2, 0) is 11.3 Å². The molecule has 0 aliphatic carbocycles. The van der Waals surface area contributed by atoms with Crippen LogP contribution in [0.5, 0.6) is 5.75 Å². The van der Waals surface area contributed by atoms with Gasteiger partial charge in [0.15, 0.2) is 0 Å². The van der Waals surface area contributed by atoms with Crippen molar-refractivity contribution in [1.29, 1.82) is 0 Å². The standard InChI is InChI=1S/C14H22N2O2/c1-3-11(9-15)8-14(17)16-10-12-5-4-6-13(7-12)18-2/h4-7,11H,3,8-10,15H2,1-2H3,(H,16,17). The first-order chi connectivity index (χ1) is 8.69. The lowest BCUT2D eigenvalue weighted by Gasteiger charge is -2.12. The van der Waals surface area contributed by atoms with Crippen LogP contribution in [-0.4, -0.2) is 19.6 Å². The summed E-state index contributed by atoms with van der Waals surface area (Å²) in [5.74, 6) is 1.13. The van der Waals surface area contributed by atoms with Gasteiger partial charge in [-0.1, -0.05) is 25.5 Å². The molecular formula is C14H22N2O2. The Balaban J connectivity index is 2.42. The molecule has 1 atom stereocenters. The Bertz CT molecular complexity index is 376. The van der Waals surface area contributed by atoms with E-state index in [0.717, 1.165) is 17.7 Å². The quantitative estimate of drug-likeness (QED) is 0.774. The molecule has 0 aromatic heterocycles. The fraction of sp³-hybridized carbons (Fsp3) is 0.500. The maximum Gasteiger partial charge on any atom is 0.220 e. The fourth-order valence-electron chi connectivity index (χ4n) is 1.71.